The van der Waals surface area contributed by atoms with Crippen LogP contribution in [0.25, 0.3) is 0 Å². The van der Waals surface area contributed by atoms with E-state index in [1.54, 1.807) is 13.8 Å². The van der Waals surface area contributed by atoms with Gasteiger partial charge in [-0.15, -0.1) is 6.42 Å². The Bertz CT molecular complexity index is 339. The van der Waals surface area contributed by atoms with E-state index >= 15 is 0 Å². The third-order valence-electron chi connectivity index (χ3n) is 1.95. The number of rotatable bonds is 1. The summed E-state index contributed by atoms with van der Waals surface area (Å²) >= 11 is 0. The predicted octanol–water partition coefficient (Wildman–Crippen LogP) is 2.88. The summed E-state index contributed by atoms with van der Waals surface area (Å²) in [6, 6.07) is 3.34. The van der Waals surface area contributed by atoms with E-state index < -0.39 is 17.0 Å². The van der Waals surface area contributed by atoms with E-state index in [0.717, 1.165) is 6.07 Å². The maximum Gasteiger partial charge on any atom is 0.126 e. The van der Waals surface area contributed by atoms with Crippen LogP contribution in [0, 0.1) is 24.0 Å². The van der Waals surface area contributed by atoms with Crippen molar-refractivity contribution in [3.63, 3.8) is 0 Å². The van der Waals surface area contributed by atoms with Gasteiger partial charge in [0, 0.05) is 6.07 Å². The zero-order chi connectivity index (χ0) is 10.1. The van der Waals surface area contributed by atoms with Crippen LogP contribution in [0.3, 0.4) is 0 Å². The lowest BCUT2D eigenvalue weighted by molar-refractivity contribution is 0.569. The lowest BCUT2D eigenvalue weighted by Crippen LogP contribution is -2.14. The third kappa shape index (κ3) is 2.06. The smallest absolute Gasteiger partial charge is 0.126 e. The van der Waals surface area contributed by atoms with Crippen LogP contribution in [0.2, 0.25) is 0 Å². The first kappa shape index (κ1) is 9.73. The normalized spacial score (nSPS) is 11.0. The molecule has 0 unspecified atom stereocenters. The highest BCUT2D eigenvalue weighted by atomic mass is 19.1. The van der Waals surface area contributed by atoms with Crippen molar-refractivity contribution in [1.82, 2.24) is 0 Å². The van der Waals surface area contributed by atoms with Crippen molar-refractivity contribution in [2.75, 3.05) is 0 Å². The average molecular weight is 180 g/mol. The Balaban J connectivity index is 3.25. The summed E-state index contributed by atoms with van der Waals surface area (Å²) in [6.07, 6.45) is 5.24. The molecule has 0 aliphatic carbocycles. The fraction of sp³-hybridized carbons (Fsp3) is 0.273. The van der Waals surface area contributed by atoms with Crippen molar-refractivity contribution in [3.8, 4) is 12.3 Å². The minimum atomic E-state index is -0.636. The average Bonchev–Trinajstić information content (AvgIpc) is 2.02. The molecule has 0 saturated heterocycles. The largest absolute Gasteiger partial charge is 0.207 e. The number of hydrogen-bond donors (Lipinski definition) is 0. The van der Waals surface area contributed by atoms with Gasteiger partial charge in [0.05, 0.1) is 5.41 Å². The Labute approximate surface area is 76.6 Å². The molecule has 0 spiro atoms. The van der Waals surface area contributed by atoms with Gasteiger partial charge in [0.15, 0.2) is 0 Å². The van der Waals surface area contributed by atoms with Crippen LogP contribution in [-0.4, -0.2) is 0 Å². The molecular formula is C11H10F2. The summed E-state index contributed by atoms with van der Waals surface area (Å²) in [5, 5.41) is 0. The van der Waals surface area contributed by atoms with Crippen molar-refractivity contribution in [2.45, 2.75) is 19.3 Å². The SMILES string of the molecule is C#CC(C)(C)c1cc(F)cc(F)c1. The molecule has 1 aromatic carbocycles. The van der Waals surface area contributed by atoms with Crippen molar-refractivity contribution in [2.24, 2.45) is 0 Å². The van der Waals surface area contributed by atoms with Crippen LogP contribution in [0.1, 0.15) is 19.4 Å². The lowest BCUT2D eigenvalue weighted by atomic mass is 9.86. The van der Waals surface area contributed by atoms with Gasteiger partial charge in [0.2, 0.25) is 0 Å². The third-order valence-corrected chi connectivity index (χ3v) is 1.95. The molecule has 1 aromatic rings. The van der Waals surface area contributed by atoms with E-state index in [-0.39, 0.29) is 0 Å². The van der Waals surface area contributed by atoms with Crippen molar-refractivity contribution >= 4 is 0 Å². The minimum Gasteiger partial charge on any atom is -0.207 e. The van der Waals surface area contributed by atoms with E-state index in [4.69, 9.17) is 6.42 Å². The van der Waals surface area contributed by atoms with E-state index in [1.165, 1.54) is 12.1 Å². The Kier molecular flexibility index (Phi) is 2.38. The van der Waals surface area contributed by atoms with Crippen LogP contribution in [-0.2, 0) is 5.41 Å². The first-order valence-corrected chi connectivity index (χ1v) is 3.90. The fourth-order valence-electron chi connectivity index (χ4n) is 0.998. The van der Waals surface area contributed by atoms with E-state index in [1.807, 2.05) is 0 Å². The van der Waals surface area contributed by atoms with Gasteiger partial charge in [-0.1, -0.05) is 5.92 Å². The van der Waals surface area contributed by atoms with Gasteiger partial charge in [-0.2, -0.15) is 0 Å². The van der Waals surface area contributed by atoms with Crippen LogP contribution >= 0.6 is 0 Å². The molecule has 0 heterocycles. The Morgan fingerprint density at radius 1 is 1.15 bits per heavy atom. The molecule has 2 heteroatoms. The molecule has 0 aromatic heterocycles. The second-order valence-corrected chi connectivity index (χ2v) is 3.43. The minimum absolute atomic E-state index is 0.479. The summed E-state index contributed by atoms with van der Waals surface area (Å²) in [6.45, 7) is 3.47. The topological polar surface area (TPSA) is 0 Å². The highest BCUT2D eigenvalue weighted by Crippen LogP contribution is 2.23. The standard InChI is InChI=1S/C11H10F2/c1-4-11(2,3)8-5-9(12)7-10(13)6-8/h1,5-7H,2-3H3. The van der Waals surface area contributed by atoms with Crippen molar-refractivity contribution < 1.29 is 8.78 Å². The van der Waals surface area contributed by atoms with Crippen molar-refractivity contribution in [1.29, 1.82) is 0 Å². The summed E-state index contributed by atoms with van der Waals surface area (Å²) < 4.78 is 25.6. The molecule has 0 nitrogen and oxygen atoms in total. The highest BCUT2D eigenvalue weighted by Gasteiger charge is 2.18. The van der Waals surface area contributed by atoms with Gasteiger partial charge in [-0.3, -0.25) is 0 Å². The maximum absolute atomic E-state index is 12.8. The molecule has 0 atom stereocenters. The zero-order valence-corrected chi connectivity index (χ0v) is 7.57. The molecule has 0 fully saturated rings. The first-order valence-electron chi connectivity index (χ1n) is 3.90. The van der Waals surface area contributed by atoms with Crippen LogP contribution < -0.4 is 0 Å². The molecule has 1 rings (SSSR count). The Morgan fingerprint density at radius 2 is 1.62 bits per heavy atom. The van der Waals surface area contributed by atoms with Gasteiger partial charge >= 0.3 is 0 Å². The summed E-state index contributed by atoms with van der Waals surface area (Å²) in [5.41, 5.74) is -0.157. The Morgan fingerprint density at radius 3 is 2.00 bits per heavy atom. The highest BCUT2D eigenvalue weighted by molar-refractivity contribution is 5.32. The summed E-state index contributed by atoms with van der Waals surface area (Å²) in [7, 11) is 0. The van der Waals surface area contributed by atoms with Crippen LogP contribution in [0.4, 0.5) is 8.78 Å². The molecule has 0 saturated carbocycles. The van der Waals surface area contributed by atoms with E-state index in [2.05, 4.69) is 5.92 Å². The van der Waals surface area contributed by atoms with Crippen LogP contribution in [0.5, 0.6) is 0 Å². The molecule has 0 amide bonds. The van der Waals surface area contributed by atoms with E-state index in [9.17, 15) is 8.78 Å². The lowest BCUT2D eigenvalue weighted by Gasteiger charge is -2.17. The number of terminal acetylenes is 1. The molecule has 68 valence electrons. The Hall–Kier alpha value is -1.36. The molecule has 0 aliphatic heterocycles. The van der Waals surface area contributed by atoms with Gasteiger partial charge in [0.25, 0.3) is 0 Å². The zero-order valence-electron chi connectivity index (χ0n) is 7.57. The quantitative estimate of drug-likeness (QED) is 0.583. The summed E-state index contributed by atoms with van der Waals surface area (Å²) in [4.78, 5) is 0. The first-order chi connectivity index (χ1) is 5.95. The molecular weight excluding hydrogens is 170 g/mol. The molecule has 0 aliphatic rings. The monoisotopic (exact) mass is 180 g/mol. The van der Waals surface area contributed by atoms with Gasteiger partial charge in [0.1, 0.15) is 11.6 Å². The molecule has 13 heavy (non-hydrogen) atoms. The van der Waals surface area contributed by atoms with Crippen LogP contribution in [0.15, 0.2) is 18.2 Å². The fourth-order valence-corrected chi connectivity index (χ4v) is 0.998. The molecule has 0 N–H and O–H groups in total. The molecule has 0 radical (unpaired) electrons. The van der Waals surface area contributed by atoms with Gasteiger partial charge in [-0.25, -0.2) is 8.78 Å². The second-order valence-electron chi connectivity index (χ2n) is 3.43. The number of hydrogen-bond acceptors (Lipinski definition) is 0. The number of benzene rings is 1. The van der Waals surface area contributed by atoms with Gasteiger partial charge < -0.3 is 0 Å². The summed E-state index contributed by atoms with van der Waals surface area (Å²) in [5.74, 6) is 1.28. The maximum atomic E-state index is 12.8. The van der Waals surface area contributed by atoms with E-state index in [0.29, 0.717) is 5.56 Å². The second kappa shape index (κ2) is 3.18. The number of halogens is 2. The van der Waals surface area contributed by atoms with Gasteiger partial charge in [-0.05, 0) is 31.5 Å². The molecule has 0 bridgehead atoms. The predicted molar refractivity (Wildman–Crippen MR) is 48.2 cm³/mol. The van der Waals surface area contributed by atoms with Crippen molar-refractivity contribution in [3.05, 3.63) is 35.4 Å².